The molecule has 2 nitrogen and oxygen atoms in total. The Balaban J connectivity index is 0.000000181. The van der Waals surface area contributed by atoms with E-state index in [1.165, 1.54) is 64.0 Å². The Morgan fingerprint density at radius 2 is 1.41 bits per heavy atom. The Hall–Kier alpha value is -1.02. The molecule has 0 aromatic heterocycles. The van der Waals surface area contributed by atoms with Crippen molar-refractivity contribution in [1.29, 1.82) is 0 Å². The Bertz CT molecular complexity index is 279. The molecule has 2 aliphatic heterocycles. The summed E-state index contributed by atoms with van der Waals surface area (Å²) in [6, 6.07) is 10.7. The van der Waals surface area contributed by atoms with E-state index in [-0.39, 0.29) is 0 Å². The fourth-order valence-electron chi connectivity index (χ4n) is 2.42. The van der Waals surface area contributed by atoms with Gasteiger partial charge < -0.3 is 10.2 Å². The van der Waals surface area contributed by atoms with Gasteiger partial charge in [0.1, 0.15) is 0 Å². The lowest BCUT2D eigenvalue weighted by Crippen LogP contribution is -2.29. The summed E-state index contributed by atoms with van der Waals surface area (Å²) >= 11 is 0. The van der Waals surface area contributed by atoms with Crippen molar-refractivity contribution in [1.82, 2.24) is 5.32 Å². The van der Waals surface area contributed by atoms with Gasteiger partial charge in [0.15, 0.2) is 0 Å². The van der Waals surface area contributed by atoms with Gasteiger partial charge in [-0.15, -0.1) is 0 Å². The van der Waals surface area contributed by atoms with Crippen LogP contribution in [0.25, 0.3) is 0 Å². The molecule has 2 fully saturated rings. The van der Waals surface area contributed by atoms with Crippen LogP contribution in [0.2, 0.25) is 0 Å². The van der Waals surface area contributed by atoms with Crippen LogP contribution < -0.4 is 10.2 Å². The van der Waals surface area contributed by atoms with Gasteiger partial charge in [0.2, 0.25) is 0 Å². The van der Waals surface area contributed by atoms with Crippen molar-refractivity contribution >= 4 is 5.69 Å². The molecule has 1 aromatic rings. The van der Waals surface area contributed by atoms with Crippen molar-refractivity contribution < 1.29 is 0 Å². The summed E-state index contributed by atoms with van der Waals surface area (Å²) in [4.78, 5) is 2.48. The van der Waals surface area contributed by atoms with Crippen LogP contribution in [-0.2, 0) is 0 Å². The molecule has 2 heteroatoms. The Morgan fingerprint density at radius 1 is 0.765 bits per heavy atom. The summed E-state index contributed by atoms with van der Waals surface area (Å²) in [5.41, 5.74) is 1.39. The van der Waals surface area contributed by atoms with Crippen molar-refractivity contribution in [2.75, 3.05) is 31.1 Å². The molecule has 0 amide bonds. The summed E-state index contributed by atoms with van der Waals surface area (Å²) in [5, 5.41) is 3.22. The van der Waals surface area contributed by atoms with E-state index in [1.807, 2.05) is 0 Å². The molecule has 2 aliphatic rings. The number of hydrogen-bond acceptors (Lipinski definition) is 2. The number of para-hydroxylation sites is 1. The number of nitrogens with one attached hydrogen (secondary N) is 1. The van der Waals surface area contributed by atoms with Gasteiger partial charge in [0, 0.05) is 18.8 Å². The van der Waals surface area contributed by atoms with Gasteiger partial charge in [-0.2, -0.15) is 0 Å². The normalized spacial score (nSPS) is 19.6. The fourth-order valence-corrected chi connectivity index (χ4v) is 2.42. The molecule has 3 rings (SSSR count). The standard InChI is InChI=1S/C11H15N.C4H9N/c1-3-7-11(8-4-1)12-9-5-2-6-10-12;1-2-4-5-3-1/h1,3-4,7-8H,2,5-6,9-10H2;5H,1-4H2. The monoisotopic (exact) mass is 232 g/mol. The Kier molecular flexibility index (Phi) is 5.37. The van der Waals surface area contributed by atoms with Gasteiger partial charge in [-0.05, 0) is 57.3 Å². The molecule has 2 heterocycles. The smallest absolute Gasteiger partial charge is 0.0366 e. The summed E-state index contributed by atoms with van der Waals surface area (Å²) in [6.07, 6.45) is 6.90. The van der Waals surface area contributed by atoms with Crippen LogP contribution in [0.3, 0.4) is 0 Å². The minimum absolute atomic E-state index is 1.24. The molecule has 1 aromatic carbocycles. The molecular formula is C15H24N2. The molecule has 17 heavy (non-hydrogen) atoms. The molecule has 0 saturated carbocycles. The highest BCUT2D eigenvalue weighted by molar-refractivity contribution is 5.46. The van der Waals surface area contributed by atoms with Crippen LogP contribution in [0.5, 0.6) is 0 Å². The highest BCUT2D eigenvalue weighted by Gasteiger charge is 2.09. The summed E-state index contributed by atoms with van der Waals surface area (Å²) in [6.45, 7) is 4.98. The second kappa shape index (κ2) is 7.33. The van der Waals surface area contributed by atoms with Crippen LogP contribution in [0.4, 0.5) is 5.69 Å². The van der Waals surface area contributed by atoms with Gasteiger partial charge in [-0.25, -0.2) is 0 Å². The van der Waals surface area contributed by atoms with Crippen LogP contribution >= 0.6 is 0 Å². The molecule has 0 atom stereocenters. The van der Waals surface area contributed by atoms with Gasteiger partial charge in [0.25, 0.3) is 0 Å². The van der Waals surface area contributed by atoms with Crippen molar-refractivity contribution in [3.05, 3.63) is 30.3 Å². The van der Waals surface area contributed by atoms with Crippen molar-refractivity contribution in [2.45, 2.75) is 32.1 Å². The first-order chi connectivity index (χ1) is 8.47. The summed E-state index contributed by atoms with van der Waals surface area (Å²) in [5.74, 6) is 0. The predicted octanol–water partition coefficient (Wildman–Crippen LogP) is 3.05. The second-order valence-corrected chi connectivity index (χ2v) is 4.84. The molecule has 0 radical (unpaired) electrons. The summed E-state index contributed by atoms with van der Waals surface area (Å²) < 4.78 is 0. The lowest BCUT2D eigenvalue weighted by atomic mass is 10.1. The quantitative estimate of drug-likeness (QED) is 0.800. The predicted molar refractivity (Wildman–Crippen MR) is 74.6 cm³/mol. The molecule has 0 unspecified atom stereocenters. The maximum Gasteiger partial charge on any atom is 0.0366 e. The molecule has 0 bridgehead atoms. The van der Waals surface area contributed by atoms with Gasteiger partial charge in [0.05, 0.1) is 0 Å². The fraction of sp³-hybridized carbons (Fsp3) is 0.600. The van der Waals surface area contributed by atoms with E-state index in [1.54, 1.807) is 0 Å². The SMILES string of the molecule is C1CCNC1.c1ccc(N2CCCCC2)cc1. The molecule has 94 valence electrons. The van der Waals surface area contributed by atoms with Crippen molar-refractivity contribution in [3.8, 4) is 0 Å². The Labute approximate surface area is 105 Å². The average Bonchev–Trinajstić information content (AvgIpc) is 3.00. The third kappa shape index (κ3) is 4.39. The first-order valence-corrected chi connectivity index (χ1v) is 6.97. The number of hydrogen-bond donors (Lipinski definition) is 1. The van der Waals surface area contributed by atoms with E-state index in [0.717, 1.165) is 0 Å². The highest BCUT2D eigenvalue weighted by Crippen LogP contribution is 2.18. The molecular weight excluding hydrogens is 208 g/mol. The second-order valence-electron chi connectivity index (χ2n) is 4.84. The zero-order valence-corrected chi connectivity index (χ0v) is 10.7. The van der Waals surface area contributed by atoms with Gasteiger partial charge >= 0.3 is 0 Å². The van der Waals surface area contributed by atoms with E-state index >= 15 is 0 Å². The summed E-state index contributed by atoms with van der Waals surface area (Å²) in [7, 11) is 0. The third-order valence-corrected chi connectivity index (χ3v) is 3.43. The zero-order chi connectivity index (χ0) is 11.8. The largest absolute Gasteiger partial charge is 0.372 e. The maximum absolute atomic E-state index is 3.22. The lowest BCUT2D eigenvalue weighted by molar-refractivity contribution is 0.578. The number of nitrogens with zero attached hydrogens (tertiary/aromatic N) is 1. The topological polar surface area (TPSA) is 15.3 Å². The van der Waals surface area contributed by atoms with E-state index in [0.29, 0.717) is 0 Å². The van der Waals surface area contributed by atoms with E-state index in [2.05, 4.69) is 40.5 Å². The first-order valence-electron chi connectivity index (χ1n) is 6.97. The number of benzene rings is 1. The molecule has 1 N–H and O–H groups in total. The molecule has 2 saturated heterocycles. The van der Waals surface area contributed by atoms with Gasteiger partial charge in [-0.1, -0.05) is 18.2 Å². The van der Waals surface area contributed by atoms with Crippen LogP contribution in [0.1, 0.15) is 32.1 Å². The maximum atomic E-state index is 3.22. The minimum Gasteiger partial charge on any atom is -0.372 e. The highest BCUT2D eigenvalue weighted by atomic mass is 15.1. The van der Waals surface area contributed by atoms with Crippen LogP contribution in [-0.4, -0.2) is 26.2 Å². The third-order valence-electron chi connectivity index (χ3n) is 3.43. The first kappa shape index (κ1) is 12.4. The number of piperidine rings is 1. The van der Waals surface area contributed by atoms with Crippen molar-refractivity contribution in [2.24, 2.45) is 0 Å². The molecule has 0 aliphatic carbocycles. The minimum atomic E-state index is 1.24. The number of rotatable bonds is 1. The van der Waals surface area contributed by atoms with Crippen LogP contribution in [0.15, 0.2) is 30.3 Å². The zero-order valence-electron chi connectivity index (χ0n) is 10.7. The average molecular weight is 232 g/mol. The molecule has 0 spiro atoms. The lowest BCUT2D eigenvalue weighted by Gasteiger charge is -2.28. The van der Waals surface area contributed by atoms with E-state index in [4.69, 9.17) is 0 Å². The van der Waals surface area contributed by atoms with E-state index in [9.17, 15) is 0 Å². The Morgan fingerprint density at radius 3 is 1.94 bits per heavy atom. The number of anilines is 1. The van der Waals surface area contributed by atoms with Gasteiger partial charge in [-0.3, -0.25) is 0 Å². The van der Waals surface area contributed by atoms with Crippen molar-refractivity contribution in [3.63, 3.8) is 0 Å². The van der Waals surface area contributed by atoms with Crippen LogP contribution in [0, 0.1) is 0 Å². The van der Waals surface area contributed by atoms with E-state index < -0.39 is 0 Å².